The highest BCUT2D eigenvalue weighted by Gasteiger charge is 2.19. The molecule has 6 heteroatoms. The number of benzene rings is 2. The van der Waals surface area contributed by atoms with Gasteiger partial charge in [0, 0.05) is 5.92 Å². The minimum absolute atomic E-state index is 0.0463. The third-order valence-electron chi connectivity index (χ3n) is 5.22. The van der Waals surface area contributed by atoms with E-state index >= 15 is 0 Å². The normalized spacial score (nSPS) is 12.8. The molecule has 0 spiro atoms. The highest BCUT2D eigenvalue weighted by Crippen LogP contribution is 2.15. The number of hydrogen-bond donors (Lipinski definition) is 4. The summed E-state index contributed by atoms with van der Waals surface area (Å²) in [4.78, 5) is 20.8. The molecule has 3 unspecified atom stereocenters. The molecular formula is C26H38O6. The molecule has 0 aliphatic heterocycles. The van der Waals surface area contributed by atoms with Crippen LogP contribution in [0.5, 0.6) is 0 Å². The zero-order valence-corrected chi connectivity index (χ0v) is 19.8. The molecule has 0 bridgehead atoms. The average Bonchev–Trinajstić information content (AvgIpc) is 2.80. The van der Waals surface area contributed by atoms with Crippen LogP contribution < -0.4 is 0 Å². The lowest BCUT2D eigenvalue weighted by molar-refractivity contribution is 0.0180. The minimum atomic E-state index is -0.868. The summed E-state index contributed by atoms with van der Waals surface area (Å²) in [6.07, 6.45) is 2.72. The van der Waals surface area contributed by atoms with E-state index in [0.29, 0.717) is 11.1 Å². The van der Waals surface area contributed by atoms with E-state index in [-0.39, 0.29) is 18.1 Å². The largest absolute Gasteiger partial charge is 0.478 e. The number of aryl methyl sites for hydroxylation is 2. The summed E-state index contributed by atoms with van der Waals surface area (Å²) < 4.78 is 0. The third-order valence-corrected chi connectivity index (χ3v) is 5.22. The summed E-state index contributed by atoms with van der Waals surface area (Å²) in [7, 11) is 0. The summed E-state index contributed by atoms with van der Waals surface area (Å²) in [5.74, 6) is -1.69. The first kappa shape index (κ1) is 29.3. The monoisotopic (exact) mass is 446 g/mol. The fourth-order valence-electron chi connectivity index (χ4n) is 3.00. The first-order chi connectivity index (χ1) is 15.1. The second kappa shape index (κ2) is 16.0. The lowest BCUT2D eigenvalue weighted by Gasteiger charge is -2.22. The molecule has 0 aliphatic carbocycles. The molecule has 0 amide bonds. The number of carboxylic acid groups (broad SMARTS) is 2. The first-order valence-electron chi connectivity index (χ1n) is 11.1. The van der Waals surface area contributed by atoms with Crippen molar-refractivity contribution in [1.29, 1.82) is 0 Å². The summed E-state index contributed by atoms with van der Waals surface area (Å²) >= 11 is 0. The SMILES string of the molecule is CCC(O)C(CC)C(C)O.CCc1ccc(C(=O)O)cc1.CCc1ccc(C(=O)O)cc1. The van der Waals surface area contributed by atoms with Crippen molar-refractivity contribution in [3.05, 3.63) is 70.8 Å². The van der Waals surface area contributed by atoms with Gasteiger partial charge >= 0.3 is 11.9 Å². The van der Waals surface area contributed by atoms with Crippen molar-refractivity contribution in [3.63, 3.8) is 0 Å². The van der Waals surface area contributed by atoms with Crippen molar-refractivity contribution in [2.75, 3.05) is 0 Å². The van der Waals surface area contributed by atoms with Crippen molar-refractivity contribution in [1.82, 2.24) is 0 Å². The van der Waals surface area contributed by atoms with E-state index in [9.17, 15) is 14.7 Å². The maximum Gasteiger partial charge on any atom is 0.335 e. The van der Waals surface area contributed by atoms with Crippen LogP contribution in [0.3, 0.4) is 0 Å². The van der Waals surface area contributed by atoms with E-state index in [2.05, 4.69) is 0 Å². The Morgan fingerprint density at radius 3 is 1.19 bits per heavy atom. The number of rotatable bonds is 8. The van der Waals surface area contributed by atoms with E-state index in [1.165, 1.54) is 0 Å². The molecule has 4 N–H and O–H groups in total. The molecule has 32 heavy (non-hydrogen) atoms. The smallest absolute Gasteiger partial charge is 0.335 e. The number of carboxylic acids is 2. The van der Waals surface area contributed by atoms with Crippen molar-refractivity contribution in [3.8, 4) is 0 Å². The van der Waals surface area contributed by atoms with Crippen molar-refractivity contribution in [2.45, 2.75) is 72.5 Å². The Hall–Kier alpha value is -2.70. The van der Waals surface area contributed by atoms with Crippen molar-refractivity contribution < 1.29 is 30.0 Å². The van der Waals surface area contributed by atoms with Crippen LogP contribution in [0.15, 0.2) is 48.5 Å². The van der Waals surface area contributed by atoms with Gasteiger partial charge in [0.05, 0.1) is 23.3 Å². The van der Waals surface area contributed by atoms with Gasteiger partial charge in [-0.3, -0.25) is 0 Å². The van der Waals surface area contributed by atoms with Gasteiger partial charge in [0.1, 0.15) is 0 Å². The van der Waals surface area contributed by atoms with Gasteiger partial charge in [-0.1, -0.05) is 52.0 Å². The molecule has 0 radical (unpaired) electrons. The zero-order valence-electron chi connectivity index (χ0n) is 19.8. The molecule has 2 aromatic rings. The molecule has 0 aliphatic rings. The van der Waals surface area contributed by atoms with Crippen LogP contribution in [0.1, 0.15) is 79.3 Å². The third kappa shape index (κ3) is 11.1. The van der Waals surface area contributed by atoms with Gasteiger partial charge in [0.25, 0.3) is 0 Å². The number of aromatic carboxylic acids is 2. The van der Waals surface area contributed by atoms with Crippen molar-refractivity contribution in [2.24, 2.45) is 5.92 Å². The molecule has 178 valence electrons. The number of aliphatic hydroxyl groups is 2. The van der Waals surface area contributed by atoms with Gasteiger partial charge in [-0.15, -0.1) is 0 Å². The van der Waals surface area contributed by atoms with E-state index in [1.54, 1.807) is 31.2 Å². The quantitative estimate of drug-likeness (QED) is 0.451. The Kier molecular flexibility index (Phi) is 14.7. The van der Waals surface area contributed by atoms with Gasteiger partial charge in [-0.2, -0.15) is 0 Å². The maximum atomic E-state index is 10.4. The molecule has 0 heterocycles. The van der Waals surface area contributed by atoms with Gasteiger partial charge < -0.3 is 20.4 Å². The molecule has 0 saturated carbocycles. The molecule has 3 atom stereocenters. The maximum absolute atomic E-state index is 10.4. The van der Waals surface area contributed by atoms with E-state index in [4.69, 9.17) is 15.3 Å². The summed E-state index contributed by atoms with van der Waals surface area (Å²) in [5.41, 5.74) is 3.02. The fraction of sp³-hybridized carbons (Fsp3) is 0.462. The predicted octanol–water partition coefficient (Wildman–Crippen LogP) is 5.06. The number of hydrogen-bond acceptors (Lipinski definition) is 4. The van der Waals surface area contributed by atoms with Crippen LogP contribution >= 0.6 is 0 Å². The summed E-state index contributed by atoms with van der Waals surface area (Å²) in [6.45, 7) is 9.71. The van der Waals surface area contributed by atoms with Gasteiger partial charge in [-0.25, -0.2) is 9.59 Å². The highest BCUT2D eigenvalue weighted by atomic mass is 16.4. The Labute approximate surface area is 191 Å². The number of aliphatic hydroxyl groups excluding tert-OH is 2. The predicted molar refractivity (Wildman–Crippen MR) is 127 cm³/mol. The van der Waals surface area contributed by atoms with E-state index in [1.807, 2.05) is 52.0 Å². The van der Waals surface area contributed by atoms with Crippen LogP contribution in [-0.4, -0.2) is 44.6 Å². The minimum Gasteiger partial charge on any atom is -0.478 e. The Bertz CT molecular complexity index is 723. The summed E-state index contributed by atoms with van der Waals surface area (Å²) in [6, 6.07) is 13.9. The standard InChI is InChI=1S/2C9H10O2.C8H18O2/c2*1-2-7-3-5-8(6-4-7)9(10)11;1-4-7(6(3)9)8(10)5-2/h2*3-6H,2H2,1H3,(H,10,11);6-10H,4-5H2,1-3H3. The second-order valence-corrected chi connectivity index (χ2v) is 7.50. The lowest BCUT2D eigenvalue weighted by atomic mass is 9.93. The Morgan fingerprint density at radius 2 is 1.03 bits per heavy atom. The highest BCUT2D eigenvalue weighted by molar-refractivity contribution is 5.87. The molecule has 2 rings (SSSR count). The van der Waals surface area contributed by atoms with Crippen LogP contribution in [-0.2, 0) is 12.8 Å². The second-order valence-electron chi connectivity index (χ2n) is 7.50. The van der Waals surface area contributed by atoms with Crippen LogP contribution in [0.2, 0.25) is 0 Å². The Balaban J connectivity index is 0.000000452. The zero-order chi connectivity index (χ0) is 24.7. The van der Waals surface area contributed by atoms with Gasteiger partial charge in [-0.05, 0) is 68.0 Å². The van der Waals surface area contributed by atoms with Crippen molar-refractivity contribution >= 4 is 11.9 Å². The van der Waals surface area contributed by atoms with E-state index in [0.717, 1.165) is 36.8 Å². The van der Waals surface area contributed by atoms with Crippen LogP contribution in [0.4, 0.5) is 0 Å². The molecule has 0 saturated heterocycles. The number of carbonyl (C=O) groups is 2. The molecule has 0 fully saturated rings. The topological polar surface area (TPSA) is 115 Å². The van der Waals surface area contributed by atoms with Crippen LogP contribution in [0, 0.1) is 5.92 Å². The molecular weight excluding hydrogens is 408 g/mol. The molecule has 2 aromatic carbocycles. The van der Waals surface area contributed by atoms with Gasteiger partial charge in [0.15, 0.2) is 0 Å². The Morgan fingerprint density at radius 1 is 0.688 bits per heavy atom. The average molecular weight is 447 g/mol. The molecule has 6 nitrogen and oxygen atoms in total. The summed E-state index contributed by atoms with van der Waals surface area (Å²) in [5, 5.41) is 35.6. The fourth-order valence-corrected chi connectivity index (χ4v) is 3.00. The molecule has 0 aromatic heterocycles. The van der Waals surface area contributed by atoms with Gasteiger partial charge in [0.2, 0.25) is 0 Å². The first-order valence-corrected chi connectivity index (χ1v) is 11.1. The lowest BCUT2D eigenvalue weighted by Crippen LogP contribution is -2.28. The van der Waals surface area contributed by atoms with E-state index < -0.39 is 11.9 Å². The van der Waals surface area contributed by atoms with Crippen LogP contribution in [0.25, 0.3) is 0 Å².